The molecule has 27 heavy (non-hydrogen) atoms. The summed E-state index contributed by atoms with van der Waals surface area (Å²) in [5.41, 5.74) is 3.38. The van der Waals surface area contributed by atoms with Crippen molar-refractivity contribution in [1.82, 2.24) is 0 Å². The molecule has 1 aliphatic carbocycles. The maximum absolute atomic E-state index is 2.67. The van der Waals surface area contributed by atoms with Gasteiger partial charge in [-0.2, -0.15) is 0 Å². The average Bonchev–Trinajstić information content (AvgIpc) is 3.26. The van der Waals surface area contributed by atoms with E-state index in [9.17, 15) is 0 Å². The van der Waals surface area contributed by atoms with E-state index in [2.05, 4.69) is 66.0 Å². The van der Waals surface area contributed by atoms with Crippen molar-refractivity contribution >= 4 is 43.9 Å². The van der Waals surface area contributed by atoms with Crippen molar-refractivity contribution in [3.8, 4) is 9.75 Å². The van der Waals surface area contributed by atoms with Gasteiger partial charge in [-0.15, -0.1) is 0 Å². The third-order valence-electron chi connectivity index (χ3n) is 6.44. The molecule has 2 aromatic heterocycles. The third-order valence-corrected chi connectivity index (χ3v) is 18.2. The van der Waals surface area contributed by atoms with Gasteiger partial charge in [0, 0.05) is 0 Å². The number of aryl methyl sites for hydroxylation is 1. The molecule has 3 rings (SSSR count). The van der Waals surface area contributed by atoms with E-state index in [1.165, 1.54) is 43.4 Å². The Balaban J connectivity index is 1.97. The molecule has 0 nitrogen and oxygen atoms in total. The predicted octanol–water partition coefficient (Wildman–Crippen LogP) is 8.41. The molecule has 2 heterocycles. The molecule has 0 fully saturated rings. The fourth-order valence-electron chi connectivity index (χ4n) is 4.75. The van der Waals surface area contributed by atoms with Crippen molar-refractivity contribution in [2.75, 3.05) is 0 Å². The van der Waals surface area contributed by atoms with Crippen LogP contribution in [0.5, 0.6) is 0 Å². The minimum absolute atomic E-state index is 0.666. The Kier molecular flexibility index (Phi) is 7.23. The van der Waals surface area contributed by atoms with Crippen LogP contribution in [-0.4, -0.2) is 18.4 Å². The van der Waals surface area contributed by atoms with Gasteiger partial charge in [0.15, 0.2) is 0 Å². The summed E-state index contributed by atoms with van der Waals surface area (Å²) in [7, 11) is 0. The van der Waals surface area contributed by atoms with Gasteiger partial charge in [-0.05, 0) is 0 Å². The van der Waals surface area contributed by atoms with Crippen LogP contribution in [0.1, 0.15) is 81.2 Å². The van der Waals surface area contributed by atoms with Crippen LogP contribution >= 0.6 is 22.7 Å². The van der Waals surface area contributed by atoms with Gasteiger partial charge in [-0.25, -0.2) is 0 Å². The molecular formula is C24H38S2Sn. The summed E-state index contributed by atoms with van der Waals surface area (Å²) in [6, 6.07) is 5.19. The summed E-state index contributed by atoms with van der Waals surface area (Å²) >= 11 is 2.19. The Morgan fingerprint density at radius 3 is 2.22 bits per heavy atom. The number of unbranched alkanes of at least 4 members (excludes halogenated alkanes) is 1. The van der Waals surface area contributed by atoms with Crippen LogP contribution in [0.4, 0.5) is 0 Å². The molecule has 0 bridgehead atoms. The van der Waals surface area contributed by atoms with E-state index in [1.54, 1.807) is 23.8 Å². The van der Waals surface area contributed by atoms with Crippen molar-refractivity contribution in [3.05, 3.63) is 28.1 Å². The number of hydrogen-bond acceptors (Lipinski definition) is 2. The molecule has 0 aliphatic heterocycles. The summed E-state index contributed by atoms with van der Waals surface area (Å²) in [6.45, 7) is 9.47. The van der Waals surface area contributed by atoms with Crippen LogP contribution < -0.4 is 2.89 Å². The molecular weight excluding hydrogens is 471 g/mol. The van der Waals surface area contributed by atoms with E-state index in [1.807, 2.05) is 11.3 Å². The fourth-order valence-corrected chi connectivity index (χ4v) is 12.4. The van der Waals surface area contributed by atoms with E-state index in [-0.39, 0.29) is 0 Å². The second kappa shape index (κ2) is 8.91. The molecule has 1 aliphatic rings. The number of fused-ring (bicyclic) bond motifs is 3. The Hall–Kier alpha value is 0.199. The van der Waals surface area contributed by atoms with Crippen LogP contribution in [0.25, 0.3) is 9.75 Å². The van der Waals surface area contributed by atoms with Gasteiger partial charge >= 0.3 is 181 Å². The molecule has 0 spiro atoms. The first-order valence-corrected chi connectivity index (χ1v) is 22.7. The van der Waals surface area contributed by atoms with Gasteiger partial charge in [0.25, 0.3) is 0 Å². The number of hydrogen-bond donors (Lipinski definition) is 0. The quantitative estimate of drug-likeness (QED) is 0.298. The molecule has 0 saturated heterocycles. The second-order valence-electron chi connectivity index (χ2n) is 9.58. The monoisotopic (exact) mass is 510 g/mol. The van der Waals surface area contributed by atoms with E-state index in [4.69, 9.17) is 0 Å². The Morgan fingerprint density at radius 1 is 0.963 bits per heavy atom. The molecule has 0 aromatic carbocycles. The first kappa shape index (κ1) is 21.9. The van der Waals surface area contributed by atoms with Gasteiger partial charge in [0.05, 0.1) is 0 Å². The van der Waals surface area contributed by atoms with Crippen LogP contribution in [0.3, 0.4) is 0 Å². The SMILES string of the molecule is CCCCC(CC)CC(CC)C1c2cc(C)sc2-c2s[c]([Sn]([CH3])([CH3])[CH3])cc21. The average molecular weight is 509 g/mol. The summed E-state index contributed by atoms with van der Waals surface area (Å²) in [4.78, 5) is 12.5. The van der Waals surface area contributed by atoms with Crippen molar-refractivity contribution in [2.45, 2.75) is 87.0 Å². The molecule has 0 amide bonds. The van der Waals surface area contributed by atoms with Gasteiger partial charge < -0.3 is 0 Å². The Bertz CT molecular complexity index is 762. The summed E-state index contributed by atoms with van der Waals surface area (Å²) < 4.78 is 1.77. The van der Waals surface area contributed by atoms with Gasteiger partial charge in [-0.3, -0.25) is 0 Å². The standard InChI is InChI=1S/C21H29S2.3CH3.Sn/c1-5-8-9-15(6-2)13-16(7-3)19-17-10-11-22-20(17)21-18(19)12-14(4)23-21;;;;/h10,12,15-16,19H,5-9,13H2,1-4H3;3*1H3;. The van der Waals surface area contributed by atoms with Crippen molar-refractivity contribution in [3.63, 3.8) is 0 Å². The summed E-state index contributed by atoms with van der Waals surface area (Å²) in [6.07, 6.45) is 8.22. The van der Waals surface area contributed by atoms with Crippen LogP contribution in [-0.2, 0) is 0 Å². The van der Waals surface area contributed by atoms with Crippen molar-refractivity contribution in [2.24, 2.45) is 11.8 Å². The number of rotatable bonds is 9. The third kappa shape index (κ3) is 4.53. The summed E-state index contributed by atoms with van der Waals surface area (Å²) in [5.74, 6) is 2.37. The van der Waals surface area contributed by atoms with Crippen molar-refractivity contribution in [1.29, 1.82) is 0 Å². The van der Waals surface area contributed by atoms with Gasteiger partial charge in [0.1, 0.15) is 0 Å². The molecule has 3 unspecified atom stereocenters. The first-order chi connectivity index (χ1) is 12.8. The normalized spacial score (nSPS) is 18.4. The molecule has 3 heteroatoms. The molecule has 2 aromatic rings. The van der Waals surface area contributed by atoms with E-state index in [0.29, 0.717) is 5.92 Å². The van der Waals surface area contributed by atoms with Crippen LogP contribution in [0, 0.1) is 18.8 Å². The van der Waals surface area contributed by atoms with E-state index < -0.39 is 18.4 Å². The fraction of sp³-hybridized carbons (Fsp3) is 0.667. The zero-order valence-electron chi connectivity index (χ0n) is 18.4. The summed E-state index contributed by atoms with van der Waals surface area (Å²) in [5, 5.41) is 0. The van der Waals surface area contributed by atoms with Crippen LogP contribution in [0.15, 0.2) is 12.1 Å². The molecule has 150 valence electrons. The zero-order valence-corrected chi connectivity index (χ0v) is 22.9. The predicted molar refractivity (Wildman–Crippen MR) is 129 cm³/mol. The second-order valence-corrected chi connectivity index (χ2v) is 27.3. The Morgan fingerprint density at radius 2 is 1.63 bits per heavy atom. The molecule has 0 saturated carbocycles. The minimum atomic E-state index is -2.02. The molecule has 0 radical (unpaired) electrons. The maximum atomic E-state index is 2.67. The van der Waals surface area contributed by atoms with Crippen molar-refractivity contribution < 1.29 is 0 Å². The van der Waals surface area contributed by atoms with Crippen LogP contribution in [0.2, 0.25) is 14.8 Å². The van der Waals surface area contributed by atoms with Gasteiger partial charge in [-0.1, -0.05) is 0 Å². The first-order valence-electron chi connectivity index (χ1n) is 11.0. The Labute approximate surface area is 179 Å². The topological polar surface area (TPSA) is 0 Å². The molecule has 0 N–H and O–H groups in total. The molecule has 3 atom stereocenters. The number of thiophene rings is 2. The van der Waals surface area contributed by atoms with E-state index >= 15 is 0 Å². The van der Waals surface area contributed by atoms with Gasteiger partial charge in [0.2, 0.25) is 0 Å². The van der Waals surface area contributed by atoms with E-state index in [0.717, 1.165) is 11.8 Å². The zero-order chi connectivity index (χ0) is 19.8.